The van der Waals surface area contributed by atoms with Gasteiger partial charge in [-0.3, -0.25) is 10.1 Å². The van der Waals surface area contributed by atoms with E-state index in [0.717, 1.165) is 0 Å². The molecule has 1 heterocycles. The van der Waals surface area contributed by atoms with E-state index in [9.17, 15) is 14.5 Å². The zero-order valence-electron chi connectivity index (χ0n) is 10.6. The summed E-state index contributed by atoms with van der Waals surface area (Å²) >= 11 is 0. The number of aromatic nitrogens is 2. The summed E-state index contributed by atoms with van der Waals surface area (Å²) in [6.07, 6.45) is 1.22. The molecule has 0 saturated carbocycles. The molecule has 0 amide bonds. The lowest BCUT2D eigenvalue weighted by Gasteiger charge is -2.08. The largest absolute Gasteiger partial charge is 0.367 e. The smallest absolute Gasteiger partial charge is 0.353 e. The Balaban J connectivity index is 2.23. The Kier molecular flexibility index (Phi) is 4.04. The van der Waals surface area contributed by atoms with E-state index in [1.807, 2.05) is 0 Å². The van der Waals surface area contributed by atoms with Crippen LogP contribution in [0, 0.1) is 15.9 Å². The fourth-order valence-electron chi connectivity index (χ4n) is 1.70. The highest BCUT2D eigenvalue weighted by molar-refractivity contribution is 5.68. The third-order valence-electron chi connectivity index (χ3n) is 2.59. The average Bonchev–Trinajstić information content (AvgIpc) is 2.44. The lowest BCUT2D eigenvalue weighted by Crippen LogP contribution is -2.08. The molecule has 0 aliphatic carbocycles. The van der Waals surface area contributed by atoms with Gasteiger partial charge >= 0.3 is 5.69 Å². The zero-order chi connectivity index (χ0) is 14.5. The number of halogens is 1. The van der Waals surface area contributed by atoms with Crippen molar-refractivity contribution in [1.29, 1.82) is 0 Å². The van der Waals surface area contributed by atoms with Crippen LogP contribution in [0.25, 0.3) is 0 Å². The van der Waals surface area contributed by atoms with E-state index in [-0.39, 0.29) is 29.7 Å². The second kappa shape index (κ2) is 5.91. The predicted molar refractivity (Wildman–Crippen MR) is 72.0 cm³/mol. The number of nitrogens with zero attached hydrogens (tertiary/aromatic N) is 3. The van der Waals surface area contributed by atoms with Crippen LogP contribution >= 0.6 is 0 Å². The lowest BCUT2D eigenvalue weighted by atomic mass is 10.2. The van der Waals surface area contributed by atoms with Crippen LogP contribution in [0.3, 0.4) is 0 Å². The van der Waals surface area contributed by atoms with E-state index in [1.54, 1.807) is 12.1 Å². The molecule has 104 valence electrons. The van der Waals surface area contributed by atoms with Crippen molar-refractivity contribution in [1.82, 2.24) is 9.97 Å². The number of anilines is 2. The predicted octanol–water partition coefficient (Wildman–Crippen LogP) is 2.18. The van der Waals surface area contributed by atoms with Crippen LogP contribution in [-0.4, -0.2) is 21.9 Å². The molecule has 20 heavy (non-hydrogen) atoms. The fourth-order valence-corrected chi connectivity index (χ4v) is 1.70. The van der Waals surface area contributed by atoms with Crippen LogP contribution in [0.2, 0.25) is 0 Å². The second-order valence-electron chi connectivity index (χ2n) is 3.91. The number of hydrogen-bond donors (Lipinski definition) is 2. The van der Waals surface area contributed by atoms with Crippen LogP contribution in [0.4, 0.5) is 21.7 Å². The first kappa shape index (κ1) is 13.7. The molecular formula is C12H12FN5O2. The van der Waals surface area contributed by atoms with Crippen LogP contribution in [0.15, 0.2) is 30.6 Å². The molecule has 0 saturated heterocycles. The van der Waals surface area contributed by atoms with Gasteiger partial charge in [-0.2, -0.15) is 0 Å². The Morgan fingerprint density at radius 3 is 2.75 bits per heavy atom. The highest BCUT2D eigenvalue weighted by Crippen LogP contribution is 2.28. The SMILES string of the molecule is CNc1ncnc(NCc2cccc(F)c2)c1[N+](=O)[O-]. The van der Waals surface area contributed by atoms with E-state index < -0.39 is 4.92 Å². The molecule has 2 aromatic rings. The number of benzene rings is 1. The van der Waals surface area contributed by atoms with Gasteiger partial charge in [0.05, 0.1) is 4.92 Å². The van der Waals surface area contributed by atoms with Crippen LogP contribution in [-0.2, 0) is 6.54 Å². The van der Waals surface area contributed by atoms with E-state index in [0.29, 0.717) is 5.56 Å². The van der Waals surface area contributed by atoms with Crippen LogP contribution < -0.4 is 10.6 Å². The van der Waals surface area contributed by atoms with Crippen LogP contribution in [0.1, 0.15) is 5.56 Å². The Morgan fingerprint density at radius 1 is 1.35 bits per heavy atom. The molecule has 0 radical (unpaired) electrons. The van der Waals surface area contributed by atoms with Gasteiger partial charge < -0.3 is 10.6 Å². The molecule has 0 unspecified atom stereocenters. The standard InChI is InChI=1S/C12H12FN5O2/c1-14-11-10(18(19)20)12(17-7-16-11)15-6-8-3-2-4-9(13)5-8/h2-5,7H,6H2,1H3,(H2,14,15,16,17). The zero-order valence-corrected chi connectivity index (χ0v) is 10.6. The van der Waals surface area contributed by atoms with Crippen molar-refractivity contribution in [3.63, 3.8) is 0 Å². The fraction of sp³-hybridized carbons (Fsp3) is 0.167. The van der Waals surface area contributed by atoms with Crippen molar-refractivity contribution in [3.8, 4) is 0 Å². The molecule has 0 aliphatic heterocycles. The maximum atomic E-state index is 13.0. The van der Waals surface area contributed by atoms with Gasteiger partial charge in [-0.15, -0.1) is 0 Å². The molecule has 2 rings (SSSR count). The Bertz CT molecular complexity index is 635. The third-order valence-corrected chi connectivity index (χ3v) is 2.59. The van der Waals surface area contributed by atoms with Crippen molar-refractivity contribution in [2.24, 2.45) is 0 Å². The van der Waals surface area contributed by atoms with E-state index in [1.165, 1.54) is 25.5 Å². The minimum Gasteiger partial charge on any atom is -0.367 e. The molecule has 8 heteroatoms. The minimum atomic E-state index is -0.570. The maximum Gasteiger partial charge on any atom is 0.353 e. The van der Waals surface area contributed by atoms with Gasteiger partial charge in [0, 0.05) is 13.6 Å². The first-order valence-electron chi connectivity index (χ1n) is 5.77. The lowest BCUT2D eigenvalue weighted by molar-refractivity contribution is -0.383. The van der Waals surface area contributed by atoms with Crippen molar-refractivity contribution < 1.29 is 9.31 Å². The van der Waals surface area contributed by atoms with Gasteiger partial charge in [0.25, 0.3) is 0 Å². The van der Waals surface area contributed by atoms with Gasteiger partial charge in [-0.25, -0.2) is 14.4 Å². The van der Waals surface area contributed by atoms with Gasteiger partial charge in [-0.1, -0.05) is 12.1 Å². The first-order valence-corrected chi connectivity index (χ1v) is 5.77. The summed E-state index contributed by atoms with van der Waals surface area (Å²) in [4.78, 5) is 18.1. The molecular weight excluding hydrogens is 265 g/mol. The molecule has 0 bridgehead atoms. The van der Waals surface area contributed by atoms with Crippen molar-refractivity contribution in [2.75, 3.05) is 17.7 Å². The Hall–Kier alpha value is -2.77. The summed E-state index contributed by atoms with van der Waals surface area (Å²) in [5, 5.41) is 16.5. The maximum absolute atomic E-state index is 13.0. The normalized spacial score (nSPS) is 10.1. The number of nitro groups is 1. The number of nitrogens with one attached hydrogen (secondary N) is 2. The second-order valence-corrected chi connectivity index (χ2v) is 3.91. The highest BCUT2D eigenvalue weighted by atomic mass is 19.1. The average molecular weight is 277 g/mol. The summed E-state index contributed by atoms with van der Waals surface area (Å²) in [6.45, 7) is 0.221. The van der Waals surface area contributed by atoms with Crippen LogP contribution in [0.5, 0.6) is 0 Å². The molecule has 7 nitrogen and oxygen atoms in total. The van der Waals surface area contributed by atoms with Gasteiger partial charge in [-0.05, 0) is 17.7 Å². The summed E-state index contributed by atoms with van der Waals surface area (Å²) < 4.78 is 13.0. The van der Waals surface area contributed by atoms with E-state index >= 15 is 0 Å². The summed E-state index contributed by atoms with van der Waals surface area (Å²) in [7, 11) is 1.53. The Labute approximate surface area is 114 Å². The van der Waals surface area contributed by atoms with Gasteiger partial charge in [0.15, 0.2) is 0 Å². The minimum absolute atomic E-state index is 0.0820. The monoisotopic (exact) mass is 277 g/mol. The van der Waals surface area contributed by atoms with Gasteiger partial charge in [0.1, 0.15) is 12.1 Å². The number of rotatable bonds is 5. The molecule has 1 aromatic carbocycles. The highest BCUT2D eigenvalue weighted by Gasteiger charge is 2.21. The molecule has 0 fully saturated rings. The molecule has 0 atom stereocenters. The Morgan fingerprint density at radius 2 is 2.10 bits per heavy atom. The molecule has 2 N–H and O–H groups in total. The van der Waals surface area contributed by atoms with Crippen molar-refractivity contribution >= 4 is 17.3 Å². The van der Waals surface area contributed by atoms with E-state index in [2.05, 4.69) is 20.6 Å². The van der Waals surface area contributed by atoms with E-state index in [4.69, 9.17) is 0 Å². The van der Waals surface area contributed by atoms with Crippen molar-refractivity contribution in [2.45, 2.75) is 6.54 Å². The third kappa shape index (κ3) is 2.97. The summed E-state index contributed by atoms with van der Waals surface area (Å²) in [6, 6.07) is 5.95. The summed E-state index contributed by atoms with van der Waals surface area (Å²) in [5.74, 6) is -0.164. The summed E-state index contributed by atoms with van der Waals surface area (Å²) in [5.41, 5.74) is 0.412. The topological polar surface area (TPSA) is 93.0 Å². The quantitative estimate of drug-likeness (QED) is 0.642. The molecule has 1 aromatic heterocycles. The first-order chi connectivity index (χ1) is 9.61. The van der Waals surface area contributed by atoms with Crippen molar-refractivity contribution in [3.05, 3.63) is 52.1 Å². The number of hydrogen-bond acceptors (Lipinski definition) is 6. The molecule has 0 aliphatic rings. The molecule has 0 spiro atoms. The van der Waals surface area contributed by atoms with Gasteiger partial charge in [0.2, 0.25) is 11.6 Å².